The molecule has 3 rings (SSSR count). The third kappa shape index (κ3) is 3.01. The van der Waals surface area contributed by atoms with Crippen LogP contribution in [0, 0.1) is 0 Å². The molecule has 6 heteroatoms. The molecule has 0 saturated carbocycles. The van der Waals surface area contributed by atoms with E-state index in [2.05, 4.69) is 10.3 Å². The number of nitrogens with zero attached hydrogens (tertiary/aromatic N) is 1. The van der Waals surface area contributed by atoms with E-state index < -0.39 is 0 Å². The lowest BCUT2D eigenvalue weighted by Gasteiger charge is -2.07. The number of hydrogen-bond acceptors (Lipinski definition) is 3. The summed E-state index contributed by atoms with van der Waals surface area (Å²) in [4.78, 5) is 16.1. The SMILES string of the molecule is O=C(NCc1ccc2ncoc2c1)c1ccc(Cl)cc1Cl. The Morgan fingerprint density at radius 3 is 2.86 bits per heavy atom. The van der Waals surface area contributed by atoms with Crippen molar-refractivity contribution in [3.05, 3.63) is 64.0 Å². The molecule has 1 amide bonds. The van der Waals surface area contributed by atoms with Gasteiger partial charge in [-0.05, 0) is 35.9 Å². The molecule has 0 radical (unpaired) electrons. The van der Waals surface area contributed by atoms with Gasteiger partial charge in [-0.15, -0.1) is 0 Å². The van der Waals surface area contributed by atoms with Gasteiger partial charge in [-0.25, -0.2) is 4.98 Å². The van der Waals surface area contributed by atoms with Crippen molar-refractivity contribution >= 4 is 40.2 Å². The summed E-state index contributed by atoms with van der Waals surface area (Å²) < 4.78 is 5.22. The van der Waals surface area contributed by atoms with Gasteiger partial charge >= 0.3 is 0 Å². The van der Waals surface area contributed by atoms with Crippen molar-refractivity contribution in [1.29, 1.82) is 0 Å². The Morgan fingerprint density at radius 2 is 2.05 bits per heavy atom. The highest BCUT2D eigenvalue weighted by atomic mass is 35.5. The highest BCUT2D eigenvalue weighted by molar-refractivity contribution is 6.36. The summed E-state index contributed by atoms with van der Waals surface area (Å²) in [6, 6.07) is 10.3. The molecule has 106 valence electrons. The van der Waals surface area contributed by atoms with Gasteiger partial charge in [-0.2, -0.15) is 0 Å². The van der Waals surface area contributed by atoms with E-state index in [1.54, 1.807) is 18.2 Å². The molecule has 21 heavy (non-hydrogen) atoms. The molecule has 0 aliphatic carbocycles. The molecular weight excluding hydrogens is 311 g/mol. The van der Waals surface area contributed by atoms with Crippen molar-refractivity contribution in [3.63, 3.8) is 0 Å². The Bertz CT molecular complexity index is 814. The second kappa shape index (κ2) is 5.76. The van der Waals surface area contributed by atoms with Crippen LogP contribution in [0.4, 0.5) is 0 Å². The summed E-state index contributed by atoms with van der Waals surface area (Å²) in [5.41, 5.74) is 2.77. The molecule has 0 saturated heterocycles. The zero-order chi connectivity index (χ0) is 14.8. The topological polar surface area (TPSA) is 55.1 Å². The first-order valence-corrected chi connectivity index (χ1v) is 6.94. The first kappa shape index (κ1) is 13.9. The molecule has 1 heterocycles. The minimum atomic E-state index is -0.255. The van der Waals surface area contributed by atoms with E-state index in [-0.39, 0.29) is 5.91 Å². The van der Waals surface area contributed by atoms with Crippen molar-refractivity contribution in [2.24, 2.45) is 0 Å². The van der Waals surface area contributed by atoms with E-state index in [4.69, 9.17) is 27.6 Å². The number of amides is 1. The van der Waals surface area contributed by atoms with Crippen LogP contribution in [0.2, 0.25) is 10.0 Å². The highest BCUT2D eigenvalue weighted by Gasteiger charge is 2.10. The Morgan fingerprint density at radius 1 is 1.19 bits per heavy atom. The number of hydrogen-bond donors (Lipinski definition) is 1. The van der Waals surface area contributed by atoms with Gasteiger partial charge in [0.05, 0.1) is 10.6 Å². The van der Waals surface area contributed by atoms with E-state index >= 15 is 0 Å². The summed E-state index contributed by atoms with van der Waals surface area (Å²) in [6.45, 7) is 0.369. The number of oxazole rings is 1. The van der Waals surface area contributed by atoms with E-state index in [1.165, 1.54) is 6.39 Å². The van der Waals surface area contributed by atoms with Gasteiger partial charge < -0.3 is 9.73 Å². The second-order valence-electron chi connectivity index (χ2n) is 4.46. The number of carbonyl (C=O) groups excluding carboxylic acids is 1. The van der Waals surface area contributed by atoms with Crippen LogP contribution in [0.3, 0.4) is 0 Å². The smallest absolute Gasteiger partial charge is 0.253 e. The molecule has 2 aromatic carbocycles. The first-order valence-electron chi connectivity index (χ1n) is 6.19. The van der Waals surface area contributed by atoms with Crippen molar-refractivity contribution in [1.82, 2.24) is 10.3 Å². The molecule has 1 aromatic heterocycles. The molecule has 0 fully saturated rings. The number of halogens is 2. The van der Waals surface area contributed by atoms with Gasteiger partial charge in [-0.3, -0.25) is 4.79 Å². The van der Waals surface area contributed by atoms with E-state index in [9.17, 15) is 4.79 Å². The Balaban J connectivity index is 1.73. The Hall–Kier alpha value is -2.04. The Kier molecular flexibility index (Phi) is 3.82. The summed E-state index contributed by atoms with van der Waals surface area (Å²) >= 11 is 11.8. The third-order valence-corrected chi connectivity index (χ3v) is 3.57. The van der Waals surface area contributed by atoms with Crippen molar-refractivity contribution < 1.29 is 9.21 Å². The maximum absolute atomic E-state index is 12.1. The zero-order valence-corrected chi connectivity index (χ0v) is 12.3. The standard InChI is InChI=1S/C15H10Cl2N2O2/c16-10-2-3-11(12(17)6-10)15(20)18-7-9-1-4-13-14(5-9)21-8-19-13/h1-6,8H,7H2,(H,18,20). The van der Waals surface area contributed by atoms with Gasteiger partial charge in [0, 0.05) is 11.6 Å². The van der Waals surface area contributed by atoms with Gasteiger partial charge in [0.2, 0.25) is 0 Å². The van der Waals surface area contributed by atoms with Crippen LogP contribution in [-0.2, 0) is 6.54 Å². The lowest BCUT2D eigenvalue weighted by Crippen LogP contribution is -2.23. The van der Waals surface area contributed by atoms with Crippen LogP contribution in [0.5, 0.6) is 0 Å². The van der Waals surface area contributed by atoms with Crippen LogP contribution in [0.1, 0.15) is 15.9 Å². The van der Waals surface area contributed by atoms with Crippen LogP contribution in [0.15, 0.2) is 47.2 Å². The first-order chi connectivity index (χ1) is 10.1. The molecule has 0 unspecified atom stereocenters. The minimum absolute atomic E-state index is 0.255. The number of benzene rings is 2. The largest absolute Gasteiger partial charge is 0.443 e. The van der Waals surface area contributed by atoms with Crippen LogP contribution < -0.4 is 5.32 Å². The monoisotopic (exact) mass is 320 g/mol. The molecule has 0 atom stereocenters. The summed E-state index contributed by atoms with van der Waals surface area (Å²) in [5, 5.41) is 3.62. The predicted molar refractivity (Wildman–Crippen MR) is 81.6 cm³/mol. The van der Waals surface area contributed by atoms with Crippen LogP contribution in [0.25, 0.3) is 11.1 Å². The Labute approximate surface area is 130 Å². The number of nitrogens with one attached hydrogen (secondary N) is 1. The van der Waals surface area contributed by atoms with Crippen molar-refractivity contribution in [2.75, 3.05) is 0 Å². The fourth-order valence-electron chi connectivity index (χ4n) is 1.96. The fourth-order valence-corrected chi connectivity index (χ4v) is 2.45. The second-order valence-corrected chi connectivity index (χ2v) is 5.30. The van der Waals surface area contributed by atoms with Crippen LogP contribution >= 0.6 is 23.2 Å². The van der Waals surface area contributed by atoms with Crippen molar-refractivity contribution in [2.45, 2.75) is 6.54 Å². The lowest BCUT2D eigenvalue weighted by molar-refractivity contribution is 0.0951. The van der Waals surface area contributed by atoms with E-state index in [0.29, 0.717) is 27.7 Å². The molecule has 0 aliphatic heterocycles. The number of aromatic nitrogens is 1. The predicted octanol–water partition coefficient (Wildman–Crippen LogP) is 4.06. The number of fused-ring (bicyclic) bond motifs is 1. The molecule has 0 spiro atoms. The third-order valence-electron chi connectivity index (χ3n) is 3.02. The van der Waals surface area contributed by atoms with E-state index in [1.807, 2.05) is 18.2 Å². The van der Waals surface area contributed by atoms with Gasteiger partial charge in [-0.1, -0.05) is 29.3 Å². The zero-order valence-electron chi connectivity index (χ0n) is 10.8. The van der Waals surface area contributed by atoms with Crippen LogP contribution in [-0.4, -0.2) is 10.9 Å². The van der Waals surface area contributed by atoms with Crippen molar-refractivity contribution in [3.8, 4) is 0 Å². The molecule has 0 aliphatic rings. The molecule has 0 bridgehead atoms. The lowest BCUT2D eigenvalue weighted by atomic mass is 10.2. The fraction of sp³-hybridized carbons (Fsp3) is 0.0667. The number of rotatable bonds is 3. The maximum atomic E-state index is 12.1. The average Bonchev–Trinajstić information content (AvgIpc) is 2.92. The molecule has 3 aromatic rings. The van der Waals surface area contributed by atoms with Gasteiger partial charge in [0.1, 0.15) is 5.52 Å². The van der Waals surface area contributed by atoms with E-state index in [0.717, 1.165) is 11.1 Å². The summed E-state index contributed by atoms with van der Waals surface area (Å²) in [6.07, 6.45) is 1.39. The van der Waals surface area contributed by atoms with Gasteiger partial charge in [0.15, 0.2) is 12.0 Å². The quantitative estimate of drug-likeness (QED) is 0.791. The normalized spacial score (nSPS) is 10.8. The summed E-state index contributed by atoms with van der Waals surface area (Å²) in [7, 11) is 0. The average molecular weight is 321 g/mol. The molecule has 4 nitrogen and oxygen atoms in total. The molecule has 1 N–H and O–H groups in total. The maximum Gasteiger partial charge on any atom is 0.253 e. The summed E-state index contributed by atoms with van der Waals surface area (Å²) in [5.74, 6) is -0.255. The van der Waals surface area contributed by atoms with Gasteiger partial charge in [0.25, 0.3) is 5.91 Å². The minimum Gasteiger partial charge on any atom is -0.443 e. The highest BCUT2D eigenvalue weighted by Crippen LogP contribution is 2.21. The number of carbonyl (C=O) groups is 1. The molecular formula is C15H10Cl2N2O2.